The van der Waals surface area contributed by atoms with Crippen molar-refractivity contribution in [3.05, 3.63) is 11.1 Å². The number of ether oxygens (including phenoxy) is 1. The van der Waals surface area contributed by atoms with Gasteiger partial charge in [0.15, 0.2) is 5.78 Å². The van der Waals surface area contributed by atoms with Crippen LogP contribution in [-0.2, 0) is 14.3 Å². The lowest BCUT2D eigenvalue weighted by Gasteiger charge is -2.24. The van der Waals surface area contributed by atoms with Gasteiger partial charge in [-0.25, -0.2) is 0 Å². The number of fused-ring (bicyclic) bond motifs is 1. The van der Waals surface area contributed by atoms with E-state index in [2.05, 4.69) is 6.92 Å². The fourth-order valence-corrected chi connectivity index (χ4v) is 3.45. The second-order valence-electron chi connectivity index (χ2n) is 5.55. The van der Waals surface area contributed by atoms with Crippen molar-refractivity contribution in [2.75, 3.05) is 6.61 Å². The second-order valence-corrected chi connectivity index (χ2v) is 5.55. The highest BCUT2D eigenvalue weighted by Gasteiger charge is 2.46. The maximum absolute atomic E-state index is 12.5. The van der Waals surface area contributed by atoms with E-state index in [9.17, 15) is 9.59 Å². The molecule has 0 aromatic carbocycles. The molecule has 2 aliphatic carbocycles. The summed E-state index contributed by atoms with van der Waals surface area (Å²) < 4.78 is 5.11. The summed E-state index contributed by atoms with van der Waals surface area (Å²) in [6.07, 6.45) is 7.22. The molecule has 0 N–H and O–H groups in total. The summed E-state index contributed by atoms with van der Waals surface area (Å²) in [4.78, 5) is 24.6. The second kappa shape index (κ2) is 6.36. The van der Waals surface area contributed by atoms with E-state index in [1.807, 2.05) is 0 Å². The smallest absolute Gasteiger partial charge is 0.317 e. The van der Waals surface area contributed by atoms with E-state index < -0.39 is 5.92 Å². The molecule has 3 heteroatoms. The van der Waals surface area contributed by atoms with Gasteiger partial charge in [-0.1, -0.05) is 25.3 Å². The molecule has 3 nitrogen and oxygen atoms in total. The summed E-state index contributed by atoms with van der Waals surface area (Å²) in [6.45, 7) is 4.28. The van der Waals surface area contributed by atoms with Crippen molar-refractivity contribution in [2.24, 2.45) is 11.8 Å². The zero-order valence-electron chi connectivity index (χ0n) is 12.0. The van der Waals surface area contributed by atoms with Crippen LogP contribution in [0, 0.1) is 11.8 Å². The maximum atomic E-state index is 12.5. The number of carbonyl (C=O) groups is 2. The molecule has 0 spiro atoms. The summed E-state index contributed by atoms with van der Waals surface area (Å²) in [5.41, 5.74) is 2.24. The van der Waals surface area contributed by atoms with Gasteiger partial charge in [0, 0.05) is 5.92 Å². The van der Waals surface area contributed by atoms with Crippen molar-refractivity contribution in [1.29, 1.82) is 0 Å². The van der Waals surface area contributed by atoms with Crippen molar-refractivity contribution < 1.29 is 14.3 Å². The number of allylic oxidation sites excluding steroid dienone is 2. The number of carbonyl (C=O) groups excluding carboxylic acids is 2. The van der Waals surface area contributed by atoms with Gasteiger partial charge in [-0.15, -0.1) is 0 Å². The number of Topliss-reactive ketones (excluding diaryl/α,β-unsaturated/α-hetero) is 1. The molecule has 0 radical (unpaired) electrons. The summed E-state index contributed by atoms with van der Waals surface area (Å²) >= 11 is 0. The van der Waals surface area contributed by atoms with Crippen molar-refractivity contribution >= 4 is 11.8 Å². The lowest BCUT2D eigenvalue weighted by molar-refractivity contribution is -0.152. The molecule has 0 bridgehead atoms. The van der Waals surface area contributed by atoms with Gasteiger partial charge in [0.1, 0.15) is 5.92 Å². The van der Waals surface area contributed by atoms with Crippen LogP contribution >= 0.6 is 0 Å². The van der Waals surface area contributed by atoms with Crippen molar-refractivity contribution in [1.82, 2.24) is 0 Å². The van der Waals surface area contributed by atoms with E-state index in [0.717, 1.165) is 50.5 Å². The molecule has 2 rings (SSSR count). The monoisotopic (exact) mass is 264 g/mol. The van der Waals surface area contributed by atoms with E-state index in [4.69, 9.17) is 4.74 Å². The molecule has 2 aliphatic rings. The number of hydrogen-bond acceptors (Lipinski definition) is 3. The third kappa shape index (κ3) is 2.75. The lowest BCUT2D eigenvalue weighted by Crippen LogP contribution is -2.30. The fraction of sp³-hybridized carbons (Fsp3) is 0.750. The molecule has 1 saturated carbocycles. The fourth-order valence-electron chi connectivity index (χ4n) is 3.45. The first kappa shape index (κ1) is 14.3. The Bertz CT molecular complexity index is 395. The highest BCUT2D eigenvalue weighted by molar-refractivity contribution is 6.11. The molecule has 19 heavy (non-hydrogen) atoms. The third-order valence-corrected chi connectivity index (χ3v) is 4.35. The van der Waals surface area contributed by atoms with E-state index in [0.29, 0.717) is 6.61 Å². The molecule has 0 amide bonds. The Kier molecular flexibility index (Phi) is 4.78. The highest BCUT2D eigenvalue weighted by atomic mass is 16.5. The van der Waals surface area contributed by atoms with Gasteiger partial charge >= 0.3 is 5.97 Å². The summed E-state index contributed by atoms with van der Waals surface area (Å²) in [5, 5.41) is 0. The molecule has 0 saturated heterocycles. The van der Waals surface area contributed by atoms with Crippen LogP contribution in [0.25, 0.3) is 0 Å². The third-order valence-electron chi connectivity index (χ3n) is 4.35. The van der Waals surface area contributed by atoms with Gasteiger partial charge in [-0.05, 0) is 44.6 Å². The molecule has 0 heterocycles. The summed E-state index contributed by atoms with van der Waals surface area (Å²) in [5.74, 6) is -0.619. The Morgan fingerprint density at radius 3 is 2.79 bits per heavy atom. The molecule has 2 atom stereocenters. The highest BCUT2D eigenvalue weighted by Crippen LogP contribution is 2.45. The molecule has 0 aromatic rings. The van der Waals surface area contributed by atoms with Crippen LogP contribution in [0.4, 0.5) is 0 Å². The van der Waals surface area contributed by atoms with Gasteiger partial charge in [0.05, 0.1) is 6.61 Å². The standard InChI is InChI=1S/C16H24O3/c1-3-5-8-13-11-9-6-7-10-12(11)14(15(13)17)16(18)19-4-2/h12,14H,3-10H2,1-2H3/t12-,14+/m0/s1. The molecular formula is C16H24O3. The zero-order chi connectivity index (χ0) is 13.8. The van der Waals surface area contributed by atoms with E-state index in [1.54, 1.807) is 6.92 Å². The number of rotatable bonds is 5. The minimum atomic E-state index is -0.526. The predicted molar refractivity (Wildman–Crippen MR) is 73.6 cm³/mol. The van der Waals surface area contributed by atoms with Crippen LogP contribution in [0.3, 0.4) is 0 Å². The van der Waals surface area contributed by atoms with Crippen molar-refractivity contribution in [3.63, 3.8) is 0 Å². The van der Waals surface area contributed by atoms with Gasteiger partial charge in [0.2, 0.25) is 0 Å². The van der Waals surface area contributed by atoms with Crippen LogP contribution in [-0.4, -0.2) is 18.4 Å². The minimum absolute atomic E-state index is 0.0637. The average molecular weight is 264 g/mol. The molecule has 106 valence electrons. The van der Waals surface area contributed by atoms with E-state index in [1.165, 1.54) is 5.57 Å². The zero-order valence-corrected chi connectivity index (χ0v) is 12.0. The first-order chi connectivity index (χ1) is 9.20. The largest absolute Gasteiger partial charge is 0.465 e. The number of ketones is 1. The summed E-state index contributed by atoms with van der Waals surface area (Å²) in [6, 6.07) is 0. The van der Waals surface area contributed by atoms with Crippen LogP contribution in [0.2, 0.25) is 0 Å². The molecule has 0 aromatic heterocycles. The van der Waals surface area contributed by atoms with Gasteiger partial charge in [-0.3, -0.25) is 9.59 Å². The normalized spacial score (nSPS) is 26.5. The van der Waals surface area contributed by atoms with Crippen LogP contribution < -0.4 is 0 Å². The van der Waals surface area contributed by atoms with Gasteiger partial charge in [0.25, 0.3) is 0 Å². The van der Waals surface area contributed by atoms with Gasteiger partial charge in [-0.2, -0.15) is 0 Å². The van der Waals surface area contributed by atoms with Crippen molar-refractivity contribution in [2.45, 2.75) is 58.8 Å². The SMILES string of the molecule is CCCCC1=C2CCCC[C@@H]2[C@@H](C(=O)OCC)C1=O. The molecule has 0 aliphatic heterocycles. The predicted octanol–water partition coefficient (Wildman–Crippen LogP) is 3.43. The molecule has 1 fully saturated rings. The van der Waals surface area contributed by atoms with Crippen molar-refractivity contribution in [3.8, 4) is 0 Å². The quantitative estimate of drug-likeness (QED) is 0.564. The molecular weight excluding hydrogens is 240 g/mol. The van der Waals surface area contributed by atoms with Crippen LogP contribution in [0.1, 0.15) is 58.8 Å². The molecule has 0 unspecified atom stereocenters. The average Bonchev–Trinajstić information content (AvgIpc) is 2.69. The Hall–Kier alpha value is -1.12. The lowest BCUT2D eigenvalue weighted by atomic mass is 9.80. The Morgan fingerprint density at radius 1 is 1.32 bits per heavy atom. The minimum Gasteiger partial charge on any atom is -0.465 e. The Balaban J connectivity index is 2.21. The number of hydrogen-bond donors (Lipinski definition) is 0. The summed E-state index contributed by atoms with van der Waals surface area (Å²) in [7, 11) is 0. The van der Waals surface area contributed by atoms with Crippen LogP contribution in [0.5, 0.6) is 0 Å². The van der Waals surface area contributed by atoms with Crippen LogP contribution in [0.15, 0.2) is 11.1 Å². The number of unbranched alkanes of at least 4 members (excludes halogenated alkanes) is 1. The first-order valence-corrected chi connectivity index (χ1v) is 7.63. The Labute approximate surface area is 115 Å². The van der Waals surface area contributed by atoms with Gasteiger partial charge < -0.3 is 4.74 Å². The number of esters is 1. The van der Waals surface area contributed by atoms with E-state index in [-0.39, 0.29) is 17.7 Å². The topological polar surface area (TPSA) is 43.4 Å². The maximum Gasteiger partial charge on any atom is 0.317 e. The van der Waals surface area contributed by atoms with E-state index >= 15 is 0 Å². The Morgan fingerprint density at radius 2 is 2.11 bits per heavy atom. The first-order valence-electron chi connectivity index (χ1n) is 7.63.